The molecule has 8 rings (SSSR count). The lowest BCUT2D eigenvalue weighted by atomic mass is 9.93. The van der Waals surface area contributed by atoms with Gasteiger partial charge in [-0.2, -0.15) is 0 Å². The zero-order chi connectivity index (χ0) is 27.9. The number of hydrogen-bond acceptors (Lipinski definition) is 2. The minimum atomic E-state index is 0.963. The van der Waals surface area contributed by atoms with Gasteiger partial charge in [0, 0.05) is 32.7 Å². The van der Waals surface area contributed by atoms with Crippen LogP contribution in [0.15, 0.2) is 158 Å². The number of fused-ring (bicyclic) bond motifs is 5. The third-order valence-corrected chi connectivity index (χ3v) is 8.06. The zero-order valence-electron chi connectivity index (χ0n) is 22.9. The fraction of sp³-hybridized carbons (Fsp3) is 0. The molecule has 0 radical (unpaired) electrons. The third-order valence-electron chi connectivity index (χ3n) is 8.06. The second-order valence-electron chi connectivity index (χ2n) is 10.6. The normalized spacial score (nSPS) is 11.3. The molecule has 0 spiro atoms. The molecule has 0 N–H and O–H groups in total. The number of rotatable bonds is 4. The molecule has 0 saturated heterocycles. The minimum absolute atomic E-state index is 0.963. The molecule has 0 saturated carbocycles. The summed E-state index contributed by atoms with van der Waals surface area (Å²) in [4.78, 5) is 10.6. The Labute approximate surface area is 244 Å². The molecule has 196 valence electrons. The van der Waals surface area contributed by atoms with Gasteiger partial charge in [0.1, 0.15) is 0 Å². The first-order valence-electron chi connectivity index (χ1n) is 14.3. The predicted octanol–water partition coefficient (Wildman–Crippen LogP) is 10.6. The summed E-state index contributed by atoms with van der Waals surface area (Å²) in [5, 5.41) is 4.48. The van der Waals surface area contributed by atoms with Crippen LogP contribution in [-0.4, -0.2) is 9.97 Å². The summed E-state index contributed by atoms with van der Waals surface area (Å²) in [7, 11) is 0. The summed E-state index contributed by atoms with van der Waals surface area (Å²) < 4.78 is 0. The van der Waals surface area contributed by atoms with E-state index in [2.05, 4.69) is 146 Å². The fourth-order valence-electron chi connectivity index (χ4n) is 6.01. The molecule has 2 aromatic heterocycles. The Hall–Kier alpha value is -5.60. The van der Waals surface area contributed by atoms with E-state index >= 15 is 0 Å². The maximum absolute atomic E-state index is 5.30. The average Bonchev–Trinajstić information content (AvgIpc) is 3.08. The first-order valence-corrected chi connectivity index (χ1v) is 14.3. The molecule has 0 aliphatic rings. The van der Waals surface area contributed by atoms with Crippen LogP contribution in [0.4, 0.5) is 0 Å². The molecule has 2 nitrogen and oxygen atoms in total. The SMILES string of the molecule is c1ccc(-c2cc(-c3ccccc3)c3ccc4c(ccc5c(-c6ccccc6)cc(-c6ccccc6)nc54)c3n2)cc1. The standard InChI is InChI=1S/C40H26N2/c1-5-13-27(14-6-1)35-25-37(29-17-9-3-10-18-29)41-39-31-22-24-34-36(28-15-7-2-8-16-28)26-38(30-19-11-4-12-20-30)42-40(34)32(31)21-23-33(35)39/h1-26H. The highest BCUT2D eigenvalue weighted by molar-refractivity contribution is 6.19. The number of aromatic nitrogens is 2. The molecular weight excluding hydrogens is 508 g/mol. The van der Waals surface area contributed by atoms with Gasteiger partial charge < -0.3 is 0 Å². The molecule has 0 amide bonds. The van der Waals surface area contributed by atoms with Gasteiger partial charge in [-0.1, -0.05) is 146 Å². The summed E-state index contributed by atoms with van der Waals surface area (Å²) in [5.74, 6) is 0. The highest BCUT2D eigenvalue weighted by Gasteiger charge is 2.16. The summed E-state index contributed by atoms with van der Waals surface area (Å²) in [6.45, 7) is 0. The molecule has 0 unspecified atom stereocenters. The Morgan fingerprint density at radius 2 is 0.595 bits per heavy atom. The van der Waals surface area contributed by atoms with E-state index in [1.165, 1.54) is 22.3 Å². The van der Waals surface area contributed by atoms with Crippen molar-refractivity contribution in [3.05, 3.63) is 158 Å². The topological polar surface area (TPSA) is 25.8 Å². The van der Waals surface area contributed by atoms with E-state index in [-0.39, 0.29) is 0 Å². The highest BCUT2D eigenvalue weighted by atomic mass is 14.7. The molecule has 2 heteroatoms. The highest BCUT2D eigenvalue weighted by Crippen LogP contribution is 2.40. The first kappa shape index (κ1) is 24.2. The van der Waals surface area contributed by atoms with Gasteiger partial charge >= 0.3 is 0 Å². The van der Waals surface area contributed by atoms with E-state index in [0.29, 0.717) is 0 Å². The molecular formula is C40H26N2. The van der Waals surface area contributed by atoms with Crippen LogP contribution in [0.3, 0.4) is 0 Å². The van der Waals surface area contributed by atoms with Crippen molar-refractivity contribution in [2.45, 2.75) is 0 Å². The molecule has 0 aliphatic heterocycles. The van der Waals surface area contributed by atoms with Crippen LogP contribution in [-0.2, 0) is 0 Å². The summed E-state index contributed by atoms with van der Waals surface area (Å²) >= 11 is 0. The smallest absolute Gasteiger partial charge is 0.0794 e. The third kappa shape index (κ3) is 4.13. The van der Waals surface area contributed by atoms with Gasteiger partial charge in [-0.15, -0.1) is 0 Å². The second kappa shape index (κ2) is 10.1. The van der Waals surface area contributed by atoms with Crippen molar-refractivity contribution in [1.82, 2.24) is 9.97 Å². The number of nitrogens with zero attached hydrogens (tertiary/aromatic N) is 2. The Morgan fingerprint density at radius 1 is 0.286 bits per heavy atom. The fourth-order valence-corrected chi connectivity index (χ4v) is 6.01. The van der Waals surface area contributed by atoms with Crippen molar-refractivity contribution in [2.24, 2.45) is 0 Å². The quantitative estimate of drug-likeness (QED) is 0.210. The lowest BCUT2D eigenvalue weighted by Crippen LogP contribution is -1.94. The molecule has 8 aromatic rings. The van der Waals surface area contributed by atoms with Gasteiger partial charge in [-0.25, -0.2) is 9.97 Å². The molecule has 6 aromatic carbocycles. The Balaban J connectivity index is 1.48. The predicted molar refractivity (Wildman–Crippen MR) is 176 cm³/mol. The van der Waals surface area contributed by atoms with Gasteiger partial charge in [0.15, 0.2) is 0 Å². The van der Waals surface area contributed by atoms with Crippen LogP contribution >= 0.6 is 0 Å². The van der Waals surface area contributed by atoms with E-state index in [1.54, 1.807) is 0 Å². The Kier molecular flexibility index (Phi) is 5.82. The summed E-state index contributed by atoms with van der Waals surface area (Å²) in [6, 6.07) is 55.4. The van der Waals surface area contributed by atoms with E-state index in [0.717, 1.165) is 55.1 Å². The van der Waals surface area contributed by atoms with Crippen LogP contribution in [0.1, 0.15) is 0 Å². The van der Waals surface area contributed by atoms with Crippen molar-refractivity contribution in [3.8, 4) is 44.8 Å². The maximum atomic E-state index is 5.30. The number of pyridine rings is 2. The Bertz CT molecular complexity index is 2040. The molecule has 2 heterocycles. The van der Waals surface area contributed by atoms with Gasteiger partial charge in [0.05, 0.1) is 22.4 Å². The van der Waals surface area contributed by atoms with Gasteiger partial charge in [-0.05, 0) is 34.4 Å². The van der Waals surface area contributed by atoms with Crippen LogP contribution in [0.25, 0.3) is 77.3 Å². The van der Waals surface area contributed by atoms with Crippen molar-refractivity contribution in [3.63, 3.8) is 0 Å². The van der Waals surface area contributed by atoms with Gasteiger partial charge in [0.25, 0.3) is 0 Å². The largest absolute Gasteiger partial charge is 0.247 e. The van der Waals surface area contributed by atoms with Crippen LogP contribution in [0.5, 0.6) is 0 Å². The van der Waals surface area contributed by atoms with E-state index < -0.39 is 0 Å². The first-order chi connectivity index (χ1) is 20.8. The summed E-state index contributed by atoms with van der Waals surface area (Å²) in [6.07, 6.45) is 0. The van der Waals surface area contributed by atoms with Crippen LogP contribution in [0.2, 0.25) is 0 Å². The monoisotopic (exact) mass is 534 g/mol. The lowest BCUT2D eigenvalue weighted by Gasteiger charge is -2.15. The molecule has 0 bridgehead atoms. The van der Waals surface area contributed by atoms with Gasteiger partial charge in [-0.3, -0.25) is 0 Å². The number of hydrogen-bond donors (Lipinski definition) is 0. The van der Waals surface area contributed by atoms with Gasteiger partial charge in [0.2, 0.25) is 0 Å². The molecule has 0 atom stereocenters. The van der Waals surface area contributed by atoms with E-state index in [4.69, 9.17) is 9.97 Å². The number of benzene rings is 6. The van der Waals surface area contributed by atoms with Crippen molar-refractivity contribution >= 4 is 32.6 Å². The van der Waals surface area contributed by atoms with Crippen LogP contribution < -0.4 is 0 Å². The second-order valence-corrected chi connectivity index (χ2v) is 10.6. The zero-order valence-corrected chi connectivity index (χ0v) is 22.9. The Morgan fingerprint density at radius 3 is 0.952 bits per heavy atom. The van der Waals surface area contributed by atoms with Crippen molar-refractivity contribution in [2.75, 3.05) is 0 Å². The molecule has 42 heavy (non-hydrogen) atoms. The van der Waals surface area contributed by atoms with Crippen molar-refractivity contribution < 1.29 is 0 Å². The van der Waals surface area contributed by atoms with Crippen molar-refractivity contribution in [1.29, 1.82) is 0 Å². The maximum Gasteiger partial charge on any atom is 0.0794 e. The molecule has 0 fully saturated rings. The average molecular weight is 535 g/mol. The van der Waals surface area contributed by atoms with E-state index in [1.807, 2.05) is 12.1 Å². The minimum Gasteiger partial charge on any atom is -0.247 e. The molecule has 0 aliphatic carbocycles. The summed E-state index contributed by atoms with van der Waals surface area (Å²) in [5.41, 5.74) is 10.8. The van der Waals surface area contributed by atoms with E-state index in [9.17, 15) is 0 Å². The lowest BCUT2D eigenvalue weighted by molar-refractivity contribution is 1.40. The van der Waals surface area contributed by atoms with Crippen LogP contribution in [0, 0.1) is 0 Å².